The van der Waals surface area contributed by atoms with Crippen LogP contribution in [0, 0.1) is 6.92 Å². The molecule has 0 aliphatic carbocycles. The molecule has 0 radical (unpaired) electrons. The lowest BCUT2D eigenvalue weighted by atomic mass is 9.97. The highest BCUT2D eigenvalue weighted by Gasteiger charge is 2.27. The van der Waals surface area contributed by atoms with Crippen molar-refractivity contribution in [3.05, 3.63) is 55.3 Å². The number of benzene rings is 1. The van der Waals surface area contributed by atoms with Gasteiger partial charge in [-0.2, -0.15) is 0 Å². The van der Waals surface area contributed by atoms with Crippen LogP contribution in [0.3, 0.4) is 0 Å². The van der Waals surface area contributed by atoms with Gasteiger partial charge in [0.2, 0.25) is 10.9 Å². The molecule has 0 fully saturated rings. The van der Waals surface area contributed by atoms with Crippen molar-refractivity contribution in [2.45, 2.75) is 26.3 Å². The van der Waals surface area contributed by atoms with Crippen molar-refractivity contribution >= 4 is 11.4 Å². The summed E-state index contributed by atoms with van der Waals surface area (Å²) in [5.74, 6) is 0. The molecule has 0 spiro atoms. The second-order valence-corrected chi connectivity index (χ2v) is 5.05. The van der Waals surface area contributed by atoms with Gasteiger partial charge in [-0.15, -0.1) is 0 Å². The topological polar surface area (TPSA) is 63.4 Å². The Balaban J connectivity index is 2.12. The van der Waals surface area contributed by atoms with Gasteiger partial charge in [0.15, 0.2) is 0 Å². The maximum Gasteiger partial charge on any atom is 0.249 e. The summed E-state index contributed by atoms with van der Waals surface area (Å²) in [5.41, 5.74) is 9.41. The molecule has 0 saturated heterocycles. The van der Waals surface area contributed by atoms with E-state index in [4.69, 9.17) is 5.73 Å². The van der Waals surface area contributed by atoms with Crippen LogP contribution in [0.1, 0.15) is 23.1 Å². The zero-order chi connectivity index (χ0) is 13.6. The molecule has 4 heteroatoms. The van der Waals surface area contributed by atoms with Crippen molar-refractivity contribution in [2.75, 3.05) is 11.4 Å². The van der Waals surface area contributed by atoms with Gasteiger partial charge >= 0.3 is 0 Å². The van der Waals surface area contributed by atoms with E-state index in [-0.39, 0.29) is 10.9 Å². The lowest BCUT2D eigenvalue weighted by molar-refractivity contribution is 0.759. The quantitative estimate of drug-likeness (QED) is 0.818. The van der Waals surface area contributed by atoms with Crippen LogP contribution in [0.15, 0.2) is 27.8 Å². The number of hydrogen-bond donors (Lipinski definition) is 1. The first-order valence-electron chi connectivity index (χ1n) is 6.53. The summed E-state index contributed by atoms with van der Waals surface area (Å²) in [6.07, 6.45) is 2.00. The van der Waals surface area contributed by atoms with E-state index < -0.39 is 0 Å². The smallest absolute Gasteiger partial charge is 0.249 e. The van der Waals surface area contributed by atoms with Crippen molar-refractivity contribution in [2.24, 2.45) is 5.73 Å². The molecule has 98 valence electrons. The second-order valence-electron chi connectivity index (χ2n) is 5.05. The first-order chi connectivity index (χ1) is 9.13. The Labute approximate surface area is 111 Å². The van der Waals surface area contributed by atoms with E-state index in [0.29, 0.717) is 17.8 Å². The summed E-state index contributed by atoms with van der Waals surface area (Å²) in [6, 6.07) is 6.13. The molecular weight excluding hydrogens is 240 g/mol. The van der Waals surface area contributed by atoms with Crippen molar-refractivity contribution in [1.29, 1.82) is 0 Å². The molecule has 0 atom stereocenters. The van der Waals surface area contributed by atoms with Gasteiger partial charge in [-0.1, -0.05) is 12.1 Å². The maximum atomic E-state index is 11.8. The van der Waals surface area contributed by atoms with E-state index in [1.165, 1.54) is 5.56 Å². The Morgan fingerprint density at radius 3 is 2.74 bits per heavy atom. The van der Waals surface area contributed by atoms with Crippen molar-refractivity contribution in [3.63, 3.8) is 0 Å². The van der Waals surface area contributed by atoms with Crippen LogP contribution in [0.2, 0.25) is 0 Å². The van der Waals surface area contributed by atoms with E-state index in [2.05, 4.69) is 6.07 Å². The van der Waals surface area contributed by atoms with Crippen molar-refractivity contribution in [3.8, 4) is 0 Å². The van der Waals surface area contributed by atoms with Crippen molar-refractivity contribution < 1.29 is 0 Å². The maximum absolute atomic E-state index is 11.8. The van der Waals surface area contributed by atoms with Gasteiger partial charge in [0.1, 0.15) is 5.69 Å². The summed E-state index contributed by atoms with van der Waals surface area (Å²) < 4.78 is 0. The van der Waals surface area contributed by atoms with Gasteiger partial charge in [0, 0.05) is 24.3 Å². The molecule has 0 amide bonds. The zero-order valence-corrected chi connectivity index (χ0v) is 10.9. The fraction of sp³-hybridized carbons (Fsp3) is 0.333. The van der Waals surface area contributed by atoms with Gasteiger partial charge in [0.25, 0.3) is 0 Å². The number of fused-ring (bicyclic) bond motifs is 1. The molecule has 1 aliphatic rings. The molecule has 2 aromatic rings. The van der Waals surface area contributed by atoms with E-state index in [1.807, 2.05) is 17.0 Å². The zero-order valence-electron chi connectivity index (χ0n) is 10.9. The van der Waals surface area contributed by atoms with Gasteiger partial charge in [-0.25, -0.2) is 0 Å². The Morgan fingerprint density at radius 2 is 2.05 bits per heavy atom. The predicted octanol–water partition coefficient (Wildman–Crippen LogP) is 1.13. The SMILES string of the molecule is Cc1c(N2CCCc3ccc(CN)cc32)c(=O)c1=O. The molecule has 19 heavy (non-hydrogen) atoms. The third-order valence-corrected chi connectivity index (χ3v) is 3.89. The van der Waals surface area contributed by atoms with Crippen LogP contribution in [0.4, 0.5) is 11.4 Å². The highest BCUT2D eigenvalue weighted by molar-refractivity contribution is 5.72. The van der Waals surface area contributed by atoms with Crippen molar-refractivity contribution in [1.82, 2.24) is 0 Å². The van der Waals surface area contributed by atoms with E-state index >= 15 is 0 Å². The first kappa shape index (κ1) is 12.1. The van der Waals surface area contributed by atoms with Crippen LogP contribution in [0.5, 0.6) is 0 Å². The lowest BCUT2D eigenvalue weighted by Crippen LogP contribution is -2.42. The lowest BCUT2D eigenvalue weighted by Gasteiger charge is -2.33. The third kappa shape index (κ3) is 1.71. The monoisotopic (exact) mass is 256 g/mol. The Hall–Kier alpha value is -1.94. The average Bonchev–Trinajstić information content (AvgIpc) is 2.46. The number of nitrogens with two attached hydrogens (primary N) is 1. The second kappa shape index (κ2) is 4.31. The van der Waals surface area contributed by atoms with E-state index in [9.17, 15) is 9.59 Å². The minimum atomic E-state index is -0.358. The van der Waals surface area contributed by atoms with Crippen LogP contribution in [-0.4, -0.2) is 6.54 Å². The first-order valence-corrected chi connectivity index (χ1v) is 6.53. The molecule has 2 N–H and O–H groups in total. The van der Waals surface area contributed by atoms with Crippen LogP contribution < -0.4 is 21.5 Å². The minimum Gasteiger partial charge on any atom is -0.338 e. The number of hydrogen-bond acceptors (Lipinski definition) is 4. The molecule has 4 nitrogen and oxygen atoms in total. The summed E-state index contributed by atoms with van der Waals surface area (Å²) >= 11 is 0. The molecule has 0 unspecified atom stereocenters. The summed E-state index contributed by atoms with van der Waals surface area (Å²) in [6.45, 7) is 2.98. The normalized spacial score (nSPS) is 14.7. The van der Waals surface area contributed by atoms with Gasteiger partial charge in [-0.3, -0.25) is 9.59 Å². The minimum absolute atomic E-state index is 0.350. The number of rotatable bonds is 2. The molecule has 3 rings (SSSR count). The van der Waals surface area contributed by atoms with Gasteiger partial charge < -0.3 is 10.6 Å². The predicted molar refractivity (Wildman–Crippen MR) is 75.8 cm³/mol. The molecule has 1 aliphatic heterocycles. The standard InChI is InChI=1S/C15H16N2O2/c1-9-13(15(19)14(9)18)17-6-2-3-11-5-4-10(8-16)7-12(11)17/h4-5,7H,2-3,6,8,16H2,1H3. The highest BCUT2D eigenvalue weighted by Crippen LogP contribution is 2.33. The van der Waals surface area contributed by atoms with Gasteiger partial charge in [-0.05, 0) is 37.0 Å². The van der Waals surface area contributed by atoms with Crippen LogP contribution in [0.25, 0.3) is 0 Å². The fourth-order valence-electron chi connectivity index (χ4n) is 2.80. The van der Waals surface area contributed by atoms with E-state index in [0.717, 1.165) is 30.6 Å². The number of aryl methyl sites for hydroxylation is 1. The molecule has 0 aromatic heterocycles. The van der Waals surface area contributed by atoms with Crippen LogP contribution in [-0.2, 0) is 13.0 Å². The molecular formula is C15H16N2O2. The molecule has 1 heterocycles. The van der Waals surface area contributed by atoms with E-state index in [1.54, 1.807) is 6.92 Å². The molecule has 0 bridgehead atoms. The Bertz CT molecular complexity index is 711. The number of anilines is 2. The number of nitrogens with zero attached hydrogens (tertiary/aromatic N) is 1. The Kier molecular flexibility index (Phi) is 2.75. The third-order valence-electron chi connectivity index (χ3n) is 3.89. The molecule has 0 saturated carbocycles. The van der Waals surface area contributed by atoms with Gasteiger partial charge in [0.05, 0.1) is 0 Å². The summed E-state index contributed by atoms with van der Waals surface area (Å²) in [4.78, 5) is 25.1. The largest absolute Gasteiger partial charge is 0.338 e. The molecule has 2 aromatic carbocycles. The Morgan fingerprint density at radius 1 is 1.26 bits per heavy atom. The summed E-state index contributed by atoms with van der Waals surface area (Å²) in [5, 5.41) is 0. The summed E-state index contributed by atoms with van der Waals surface area (Å²) in [7, 11) is 0. The average molecular weight is 256 g/mol. The highest BCUT2D eigenvalue weighted by atomic mass is 16.2. The van der Waals surface area contributed by atoms with Crippen LogP contribution >= 0.6 is 0 Å². The fourth-order valence-corrected chi connectivity index (χ4v) is 2.80.